The summed E-state index contributed by atoms with van der Waals surface area (Å²) in [6.07, 6.45) is 0.0721. The molecule has 1 saturated heterocycles. The number of nitrogens with zero attached hydrogens (tertiary/aromatic N) is 2. The topological polar surface area (TPSA) is 52.7 Å². The number of hydrogen-bond donors (Lipinski definition) is 1. The third-order valence-electron chi connectivity index (χ3n) is 5.11. The maximum absolute atomic E-state index is 14.0. The van der Waals surface area contributed by atoms with Crippen molar-refractivity contribution in [1.29, 1.82) is 0 Å². The van der Waals surface area contributed by atoms with Crippen LogP contribution in [0.15, 0.2) is 48.5 Å². The van der Waals surface area contributed by atoms with Crippen molar-refractivity contribution in [2.24, 2.45) is 0 Å². The highest BCUT2D eigenvalue weighted by atomic mass is 19.1. The fraction of sp³-hybridized carbons (Fsp3) is 0.364. The lowest BCUT2D eigenvalue weighted by atomic mass is 10.1. The molecule has 148 valence electrons. The van der Waals surface area contributed by atoms with Gasteiger partial charge in [-0.2, -0.15) is 0 Å². The molecule has 1 fully saturated rings. The van der Waals surface area contributed by atoms with Gasteiger partial charge < -0.3 is 10.2 Å². The van der Waals surface area contributed by atoms with Gasteiger partial charge in [0.1, 0.15) is 5.82 Å². The standard InChI is InChI=1S/C22H26FN3O2/c1-16-7-9-17(10-8-16)14-25(2)21(27)13-20-22(28)24-11-12-26(20)15-18-5-3-4-6-19(18)23/h3-10,20H,11-15H2,1-2H3,(H,24,28). The van der Waals surface area contributed by atoms with Crippen molar-refractivity contribution in [3.63, 3.8) is 0 Å². The second kappa shape index (κ2) is 8.97. The summed E-state index contributed by atoms with van der Waals surface area (Å²) in [5, 5.41) is 2.82. The van der Waals surface area contributed by atoms with Gasteiger partial charge in [0.2, 0.25) is 11.8 Å². The predicted octanol–water partition coefficient (Wildman–Crippen LogP) is 2.48. The average Bonchev–Trinajstić information content (AvgIpc) is 2.68. The highest BCUT2D eigenvalue weighted by Crippen LogP contribution is 2.17. The van der Waals surface area contributed by atoms with Gasteiger partial charge in [-0.1, -0.05) is 48.0 Å². The summed E-state index contributed by atoms with van der Waals surface area (Å²) in [6, 6.07) is 14.0. The van der Waals surface area contributed by atoms with Crippen molar-refractivity contribution in [2.45, 2.75) is 32.5 Å². The minimum Gasteiger partial charge on any atom is -0.353 e. The predicted molar refractivity (Wildman–Crippen MR) is 106 cm³/mol. The first-order valence-corrected chi connectivity index (χ1v) is 9.48. The van der Waals surface area contributed by atoms with Gasteiger partial charge in [-0.05, 0) is 18.6 Å². The van der Waals surface area contributed by atoms with E-state index >= 15 is 0 Å². The fourth-order valence-corrected chi connectivity index (χ4v) is 3.40. The Morgan fingerprint density at radius 3 is 2.64 bits per heavy atom. The molecule has 1 N–H and O–H groups in total. The maximum atomic E-state index is 14.0. The average molecular weight is 383 g/mol. The van der Waals surface area contributed by atoms with E-state index in [4.69, 9.17) is 0 Å². The lowest BCUT2D eigenvalue weighted by molar-refractivity contribution is -0.138. The Kier molecular flexibility index (Phi) is 6.41. The quantitative estimate of drug-likeness (QED) is 0.834. The highest BCUT2D eigenvalue weighted by molar-refractivity contribution is 5.88. The molecule has 2 aromatic rings. The van der Waals surface area contributed by atoms with Crippen molar-refractivity contribution >= 4 is 11.8 Å². The van der Waals surface area contributed by atoms with Crippen LogP contribution in [0.3, 0.4) is 0 Å². The Hall–Kier alpha value is -2.73. The fourth-order valence-electron chi connectivity index (χ4n) is 3.40. The molecule has 2 aromatic carbocycles. The molecule has 0 radical (unpaired) electrons. The molecule has 2 amide bonds. The molecular formula is C22H26FN3O2. The number of carbonyl (C=O) groups excluding carboxylic acids is 2. The molecule has 0 saturated carbocycles. The van der Waals surface area contributed by atoms with E-state index in [2.05, 4.69) is 5.32 Å². The van der Waals surface area contributed by atoms with Crippen molar-refractivity contribution in [1.82, 2.24) is 15.1 Å². The van der Waals surface area contributed by atoms with E-state index in [1.807, 2.05) is 36.1 Å². The lowest BCUT2D eigenvalue weighted by Crippen LogP contribution is -2.56. The van der Waals surface area contributed by atoms with Gasteiger partial charge in [-0.3, -0.25) is 14.5 Å². The first-order valence-electron chi connectivity index (χ1n) is 9.48. The molecular weight excluding hydrogens is 357 g/mol. The van der Waals surface area contributed by atoms with Crippen LogP contribution < -0.4 is 5.32 Å². The zero-order valence-electron chi connectivity index (χ0n) is 16.3. The Bertz CT molecular complexity index is 838. The summed E-state index contributed by atoms with van der Waals surface area (Å²) in [5.74, 6) is -0.587. The monoisotopic (exact) mass is 383 g/mol. The molecule has 1 aliphatic rings. The van der Waals surface area contributed by atoms with Gasteiger partial charge in [-0.15, -0.1) is 0 Å². The molecule has 1 unspecified atom stereocenters. The van der Waals surface area contributed by atoms with E-state index < -0.39 is 6.04 Å². The first kappa shape index (κ1) is 20.0. The molecule has 1 heterocycles. The van der Waals surface area contributed by atoms with Crippen LogP contribution in [0, 0.1) is 12.7 Å². The number of benzene rings is 2. The summed E-state index contributed by atoms with van der Waals surface area (Å²) in [6.45, 7) is 3.89. The van der Waals surface area contributed by atoms with E-state index in [1.165, 1.54) is 11.6 Å². The molecule has 0 bridgehead atoms. The van der Waals surface area contributed by atoms with Crippen LogP contribution in [-0.4, -0.2) is 47.8 Å². The summed E-state index contributed by atoms with van der Waals surface area (Å²) in [7, 11) is 1.74. The van der Waals surface area contributed by atoms with Crippen molar-refractivity contribution < 1.29 is 14.0 Å². The largest absolute Gasteiger partial charge is 0.353 e. The third kappa shape index (κ3) is 4.95. The van der Waals surface area contributed by atoms with E-state index in [0.717, 1.165) is 5.56 Å². The number of aryl methyl sites for hydroxylation is 1. The molecule has 3 rings (SSSR count). The molecule has 0 aromatic heterocycles. The van der Waals surface area contributed by atoms with Gasteiger partial charge in [0.15, 0.2) is 0 Å². The van der Waals surface area contributed by atoms with Crippen molar-refractivity contribution in [2.75, 3.05) is 20.1 Å². The zero-order valence-corrected chi connectivity index (χ0v) is 16.3. The van der Waals surface area contributed by atoms with Gasteiger partial charge in [-0.25, -0.2) is 4.39 Å². The smallest absolute Gasteiger partial charge is 0.237 e. The number of carbonyl (C=O) groups is 2. The van der Waals surface area contributed by atoms with Crippen LogP contribution in [0.4, 0.5) is 4.39 Å². The second-order valence-electron chi connectivity index (χ2n) is 7.31. The van der Waals surface area contributed by atoms with Gasteiger partial charge in [0.05, 0.1) is 12.5 Å². The van der Waals surface area contributed by atoms with Crippen molar-refractivity contribution in [3.8, 4) is 0 Å². The van der Waals surface area contributed by atoms with Crippen LogP contribution in [0.1, 0.15) is 23.1 Å². The van der Waals surface area contributed by atoms with E-state index in [1.54, 1.807) is 30.1 Å². The SMILES string of the molecule is Cc1ccc(CN(C)C(=O)CC2C(=O)NCCN2Cc2ccccc2F)cc1. The molecule has 1 aliphatic heterocycles. The summed E-state index contributed by atoms with van der Waals surface area (Å²) in [5.41, 5.74) is 2.74. The van der Waals surface area contributed by atoms with Crippen LogP contribution >= 0.6 is 0 Å². The molecule has 0 aliphatic carbocycles. The Labute approximate surface area is 165 Å². The second-order valence-corrected chi connectivity index (χ2v) is 7.31. The minimum absolute atomic E-state index is 0.0721. The van der Waals surface area contributed by atoms with Gasteiger partial charge in [0, 0.05) is 38.8 Å². The van der Waals surface area contributed by atoms with E-state index in [0.29, 0.717) is 31.7 Å². The van der Waals surface area contributed by atoms with Crippen molar-refractivity contribution in [3.05, 3.63) is 71.0 Å². The normalized spacial score (nSPS) is 17.2. The molecule has 5 nitrogen and oxygen atoms in total. The third-order valence-corrected chi connectivity index (χ3v) is 5.11. The van der Waals surface area contributed by atoms with Crippen LogP contribution in [0.25, 0.3) is 0 Å². The maximum Gasteiger partial charge on any atom is 0.237 e. The summed E-state index contributed by atoms with van der Waals surface area (Å²) < 4.78 is 14.0. The van der Waals surface area contributed by atoms with Gasteiger partial charge >= 0.3 is 0 Å². The molecule has 6 heteroatoms. The van der Waals surface area contributed by atoms with Crippen LogP contribution in [0.2, 0.25) is 0 Å². The Balaban J connectivity index is 1.66. The van der Waals surface area contributed by atoms with E-state index in [9.17, 15) is 14.0 Å². The zero-order chi connectivity index (χ0) is 20.1. The number of piperazine rings is 1. The number of amides is 2. The van der Waals surface area contributed by atoms with Crippen LogP contribution in [0.5, 0.6) is 0 Å². The first-order chi connectivity index (χ1) is 13.4. The molecule has 0 spiro atoms. The summed E-state index contributed by atoms with van der Waals surface area (Å²) >= 11 is 0. The minimum atomic E-state index is -0.596. The number of hydrogen-bond acceptors (Lipinski definition) is 3. The summed E-state index contributed by atoms with van der Waals surface area (Å²) in [4.78, 5) is 28.7. The van der Waals surface area contributed by atoms with E-state index in [-0.39, 0.29) is 24.1 Å². The van der Waals surface area contributed by atoms with Crippen LogP contribution in [-0.2, 0) is 22.7 Å². The number of halogens is 1. The number of nitrogens with one attached hydrogen (secondary N) is 1. The highest BCUT2D eigenvalue weighted by Gasteiger charge is 2.32. The Morgan fingerprint density at radius 1 is 1.21 bits per heavy atom. The molecule has 1 atom stereocenters. The lowest BCUT2D eigenvalue weighted by Gasteiger charge is -2.35. The Morgan fingerprint density at radius 2 is 1.93 bits per heavy atom. The molecule has 28 heavy (non-hydrogen) atoms. The van der Waals surface area contributed by atoms with Gasteiger partial charge in [0.25, 0.3) is 0 Å². The number of rotatable bonds is 6.